The van der Waals surface area contributed by atoms with Crippen LogP contribution in [0.5, 0.6) is 5.75 Å². The molecule has 1 atom stereocenters. The molecule has 0 radical (unpaired) electrons. The first-order valence-corrected chi connectivity index (χ1v) is 9.95. The molecule has 2 heterocycles. The summed E-state index contributed by atoms with van der Waals surface area (Å²) in [6.45, 7) is 1.82. The highest BCUT2D eigenvalue weighted by atomic mass is 32.2. The maximum atomic E-state index is 12.5. The first kappa shape index (κ1) is 17.5. The van der Waals surface area contributed by atoms with Gasteiger partial charge in [-0.2, -0.15) is 0 Å². The number of H-pyrrole nitrogens is 1. The number of imidazole rings is 1. The van der Waals surface area contributed by atoms with Crippen molar-refractivity contribution in [2.45, 2.75) is 24.3 Å². The third kappa shape index (κ3) is 3.51. The maximum Gasteiger partial charge on any atom is 0.265 e. The molecule has 0 aliphatic carbocycles. The lowest BCUT2D eigenvalue weighted by molar-refractivity contribution is -0.122. The molecule has 1 aliphatic heterocycles. The monoisotopic (exact) mass is 386 g/mol. The predicted octanol–water partition coefficient (Wildman–Crippen LogP) is 1.80. The van der Waals surface area contributed by atoms with Gasteiger partial charge in [0.1, 0.15) is 11.6 Å². The standard InChI is InChI=1S/C18H18N4O4S/c1-11-18(23)22-15-10-12(6-7-16(15)26-11)27(24,25)19-9-8-17-20-13-4-2-3-5-14(13)21-17/h2-7,10-11,19H,8-9H2,1H3,(H,20,21)(H,22,23). The average Bonchev–Trinajstić information content (AvgIpc) is 3.05. The number of aromatic amines is 1. The lowest BCUT2D eigenvalue weighted by Gasteiger charge is -2.23. The second-order valence-corrected chi connectivity index (χ2v) is 8.02. The summed E-state index contributed by atoms with van der Waals surface area (Å²) < 4.78 is 33.1. The Balaban J connectivity index is 1.45. The van der Waals surface area contributed by atoms with Crippen molar-refractivity contribution in [2.24, 2.45) is 0 Å². The van der Waals surface area contributed by atoms with Crippen LogP contribution in [0, 0.1) is 0 Å². The summed E-state index contributed by atoms with van der Waals surface area (Å²) in [6.07, 6.45) is -0.183. The second-order valence-electron chi connectivity index (χ2n) is 6.26. The van der Waals surface area contributed by atoms with E-state index in [1.54, 1.807) is 13.0 Å². The zero-order valence-corrected chi connectivity index (χ0v) is 15.3. The van der Waals surface area contributed by atoms with Crippen LogP contribution in [0.15, 0.2) is 47.4 Å². The van der Waals surface area contributed by atoms with Gasteiger partial charge in [-0.3, -0.25) is 4.79 Å². The number of benzene rings is 2. The topological polar surface area (TPSA) is 113 Å². The zero-order valence-electron chi connectivity index (χ0n) is 14.5. The minimum absolute atomic E-state index is 0.0595. The summed E-state index contributed by atoms with van der Waals surface area (Å²) in [7, 11) is -3.72. The molecule has 1 aromatic heterocycles. The third-order valence-corrected chi connectivity index (χ3v) is 5.74. The molecule has 2 aromatic carbocycles. The minimum Gasteiger partial charge on any atom is -0.479 e. The number of hydrogen-bond acceptors (Lipinski definition) is 5. The molecule has 9 heteroatoms. The van der Waals surface area contributed by atoms with Crippen molar-refractivity contribution >= 4 is 32.7 Å². The van der Waals surface area contributed by atoms with Crippen LogP contribution in [0.1, 0.15) is 12.7 Å². The summed E-state index contributed by atoms with van der Waals surface area (Å²) in [6, 6.07) is 12.0. The number of hydrogen-bond donors (Lipinski definition) is 3. The van der Waals surface area contributed by atoms with Gasteiger partial charge >= 0.3 is 0 Å². The van der Waals surface area contributed by atoms with Crippen molar-refractivity contribution in [3.63, 3.8) is 0 Å². The molecule has 8 nitrogen and oxygen atoms in total. The van der Waals surface area contributed by atoms with Gasteiger partial charge < -0.3 is 15.0 Å². The molecule has 3 N–H and O–H groups in total. The van der Waals surface area contributed by atoms with Crippen LogP contribution in [0.3, 0.4) is 0 Å². The summed E-state index contributed by atoms with van der Waals surface area (Å²) in [5.74, 6) is 0.845. The van der Waals surface area contributed by atoms with Crippen LogP contribution in [-0.2, 0) is 21.2 Å². The second kappa shape index (κ2) is 6.67. The van der Waals surface area contributed by atoms with Gasteiger partial charge in [-0.15, -0.1) is 0 Å². The smallest absolute Gasteiger partial charge is 0.265 e. The van der Waals surface area contributed by atoms with E-state index in [1.165, 1.54) is 12.1 Å². The van der Waals surface area contributed by atoms with E-state index in [-0.39, 0.29) is 17.3 Å². The van der Waals surface area contributed by atoms with Crippen LogP contribution in [-0.4, -0.2) is 36.9 Å². The highest BCUT2D eigenvalue weighted by molar-refractivity contribution is 7.89. The van der Waals surface area contributed by atoms with Gasteiger partial charge in [0, 0.05) is 13.0 Å². The molecular formula is C18H18N4O4S. The number of aromatic nitrogens is 2. The van der Waals surface area contributed by atoms with E-state index >= 15 is 0 Å². The van der Waals surface area contributed by atoms with E-state index in [4.69, 9.17) is 4.74 Å². The Morgan fingerprint density at radius 2 is 2.04 bits per heavy atom. The zero-order chi connectivity index (χ0) is 19.0. The quantitative estimate of drug-likeness (QED) is 0.619. The van der Waals surface area contributed by atoms with Crippen LogP contribution >= 0.6 is 0 Å². The normalized spacial score (nSPS) is 16.6. The fraction of sp³-hybridized carbons (Fsp3) is 0.222. The Morgan fingerprint density at radius 3 is 2.85 bits per heavy atom. The van der Waals surface area contributed by atoms with E-state index in [9.17, 15) is 13.2 Å². The number of amides is 1. The van der Waals surface area contributed by atoms with Crippen molar-refractivity contribution in [2.75, 3.05) is 11.9 Å². The molecule has 0 spiro atoms. The maximum absolute atomic E-state index is 12.5. The molecule has 4 rings (SSSR count). The summed E-state index contributed by atoms with van der Waals surface area (Å²) in [5.41, 5.74) is 2.10. The number of fused-ring (bicyclic) bond motifs is 2. The third-order valence-electron chi connectivity index (χ3n) is 4.28. The first-order valence-electron chi connectivity index (χ1n) is 8.47. The van der Waals surface area contributed by atoms with Gasteiger partial charge in [-0.05, 0) is 37.3 Å². The van der Waals surface area contributed by atoms with Crippen LogP contribution < -0.4 is 14.8 Å². The lowest BCUT2D eigenvalue weighted by Crippen LogP contribution is -2.34. The summed E-state index contributed by atoms with van der Waals surface area (Å²) >= 11 is 0. The van der Waals surface area contributed by atoms with E-state index in [0.29, 0.717) is 23.7 Å². The molecule has 3 aromatic rings. The van der Waals surface area contributed by atoms with Crippen molar-refractivity contribution in [3.05, 3.63) is 48.3 Å². The van der Waals surface area contributed by atoms with Crippen LogP contribution in [0.25, 0.3) is 11.0 Å². The Kier molecular flexibility index (Phi) is 4.33. The Bertz CT molecular complexity index is 1090. The number of rotatable bonds is 5. The molecule has 0 saturated heterocycles. The lowest BCUT2D eigenvalue weighted by atomic mass is 10.2. The molecule has 1 amide bonds. The number of ether oxygens (including phenoxy) is 1. The number of sulfonamides is 1. The van der Waals surface area contributed by atoms with E-state index in [2.05, 4.69) is 20.0 Å². The van der Waals surface area contributed by atoms with Gasteiger partial charge in [-0.1, -0.05) is 12.1 Å². The van der Waals surface area contributed by atoms with Crippen molar-refractivity contribution in [1.82, 2.24) is 14.7 Å². The Hall–Kier alpha value is -2.91. The predicted molar refractivity (Wildman–Crippen MR) is 100 cm³/mol. The van der Waals surface area contributed by atoms with Gasteiger partial charge in [0.2, 0.25) is 10.0 Å². The SMILES string of the molecule is CC1Oc2ccc(S(=O)(=O)NCCc3nc4ccccc4[nH]3)cc2NC1=O. The van der Waals surface area contributed by atoms with Gasteiger partial charge in [0.25, 0.3) is 5.91 Å². The van der Waals surface area contributed by atoms with Crippen molar-refractivity contribution < 1.29 is 17.9 Å². The summed E-state index contributed by atoms with van der Waals surface area (Å²) in [5, 5.41) is 2.65. The number of nitrogens with one attached hydrogen (secondary N) is 3. The van der Waals surface area contributed by atoms with Crippen LogP contribution in [0.2, 0.25) is 0 Å². The number of anilines is 1. The van der Waals surface area contributed by atoms with Gasteiger partial charge in [-0.25, -0.2) is 18.1 Å². The minimum atomic E-state index is -3.72. The Labute approximate surface area is 156 Å². The first-order chi connectivity index (χ1) is 12.9. The Morgan fingerprint density at radius 1 is 1.22 bits per heavy atom. The molecule has 0 fully saturated rings. The average molecular weight is 386 g/mol. The highest BCUT2D eigenvalue weighted by Gasteiger charge is 2.25. The summed E-state index contributed by atoms with van der Waals surface area (Å²) in [4.78, 5) is 19.4. The van der Waals surface area contributed by atoms with E-state index < -0.39 is 16.1 Å². The highest BCUT2D eigenvalue weighted by Crippen LogP contribution is 2.31. The molecule has 140 valence electrons. The number of para-hydroxylation sites is 2. The van der Waals surface area contributed by atoms with E-state index in [0.717, 1.165) is 11.0 Å². The van der Waals surface area contributed by atoms with Gasteiger partial charge in [0.15, 0.2) is 6.10 Å². The van der Waals surface area contributed by atoms with Crippen molar-refractivity contribution in [3.8, 4) is 5.75 Å². The van der Waals surface area contributed by atoms with E-state index in [1.807, 2.05) is 24.3 Å². The molecule has 1 aliphatic rings. The molecular weight excluding hydrogens is 368 g/mol. The largest absolute Gasteiger partial charge is 0.479 e. The fourth-order valence-corrected chi connectivity index (χ4v) is 3.92. The molecule has 0 saturated carbocycles. The van der Waals surface area contributed by atoms with Crippen molar-refractivity contribution in [1.29, 1.82) is 0 Å². The number of carbonyl (C=O) groups is 1. The number of carbonyl (C=O) groups excluding carboxylic acids is 1. The van der Waals surface area contributed by atoms with Gasteiger partial charge in [0.05, 0.1) is 21.6 Å². The molecule has 1 unspecified atom stereocenters. The number of nitrogens with zero attached hydrogens (tertiary/aromatic N) is 1. The molecule has 27 heavy (non-hydrogen) atoms. The van der Waals surface area contributed by atoms with Crippen LogP contribution in [0.4, 0.5) is 5.69 Å². The fourth-order valence-electron chi connectivity index (χ4n) is 2.87. The molecule has 0 bridgehead atoms.